The quantitative estimate of drug-likeness (QED) is 0.867. The molecule has 1 aromatic rings. The Morgan fingerprint density at radius 2 is 2.11 bits per heavy atom. The van der Waals surface area contributed by atoms with E-state index < -0.39 is 6.09 Å². The van der Waals surface area contributed by atoms with Crippen molar-refractivity contribution >= 4 is 28.3 Å². The van der Waals surface area contributed by atoms with Crippen molar-refractivity contribution in [3.8, 4) is 5.75 Å². The standard InChI is InChI=1S/C13H14BrNO4/c14-10-1-2-12(9(7-10)8-16)19-11-3-5-15(6-4-11)13(17)18/h1-2,7-8,11H,3-6H2,(H,17,18). The Morgan fingerprint density at radius 3 is 2.68 bits per heavy atom. The fourth-order valence-corrected chi connectivity index (χ4v) is 2.44. The molecule has 1 saturated heterocycles. The molecule has 1 N–H and O–H groups in total. The van der Waals surface area contributed by atoms with Gasteiger partial charge >= 0.3 is 6.09 Å². The van der Waals surface area contributed by atoms with Crippen LogP contribution in [0, 0.1) is 0 Å². The molecule has 0 bridgehead atoms. The van der Waals surface area contributed by atoms with E-state index in [1.807, 2.05) is 6.07 Å². The third-order valence-electron chi connectivity index (χ3n) is 3.10. The number of hydrogen-bond donors (Lipinski definition) is 1. The first-order valence-electron chi connectivity index (χ1n) is 5.99. The number of likely N-dealkylation sites (tertiary alicyclic amines) is 1. The summed E-state index contributed by atoms with van der Waals surface area (Å²) < 4.78 is 6.61. The van der Waals surface area contributed by atoms with E-state index >= 15 is 0 Å². The highest BCUT2D eigenvalue weighted by Crippen LogP contribution is 2.25. The van der Waals surface area contributed by atoms with Crippen LogP contribution in [0.4, 0.5) is 4.79 Å². The lowest BCUT2D eigenvalue weighted by Gasteiger charge is -2.30. The van der Waals surface area contributed by atoms with Gasteiger partial charge in [-0.1, -0.05) is 15.9 Å². The third kappa shape index (κ3) is 3.47. The number of piperidine rings is 1. The summed E-state index contributed by atoms with van der Waals surface area (Å²) in [5.74, 6) is 0.548. The summed E-state index contributed by atoms with van der Waals surface area (Å²) >= 11 is 3.30. The molecule has 19 heavy (non-hydrogen) atoms. The van der Waals surface area contributed by atoms with Crippen LogP contribution in [0.2, 0.25) is 0 Å². The molecule has 0 unspecified atom stereocenters. The largest absolute Gasteiger partial charge is 0.490 e. The summed E-state index contributed by atoms with van der Waals surface area (Å²) in [7, 11) is 0. The van der Waals surface area contributed by atoms with Crippen molar-refractivity contribution in [3.05, 3.63) is 28.2 Å². The molecule has 0 aromatic heterocycles. The number of amides is 1. The minimum Gasteiger partial charge on any atom is -0.490 e. The predicted octanol–water partition coefficient (Wildman–Crippen LogP) is 2.78. The van der Waals surface area contributed by atoms with Crippen molar-refractivity contribution in [3.63, 3.8) is 0 Å². The van der Waals surface area contributed by atoms with Gasteiger partial charge in [0.15, 0.2) is 6.29 Å². The molecular weight excluding hydrogens is 314 g/mol. The van der Waals surface area contributed by atoms with Crippen LogP contribution in [0.5, 0.6) is 5.75 Å². The number of benzene rings is 1. The lowest BCUT2D eigenvalue weighted by molar-refractivity contribution is 0.0886. The average Bonchev–Trinajstić information content (AvgIpc) is 2.41. The number of aldehydes is 1. The first-order valence-corrected chi connectivity index (χ1v) is 6.78. The zero-order valence-corrected chi connectivity index (χ0v) is 11.8. The van der Waals surface area contributed by atoms with Crippen LogP contribution >= 0.6 is 15.9 Å². The number of carboxylic acid groups (broad SMARTS) is 1. The minimum atomic E-state index is -0.893. The molecule has 102 valence electrons. The van der Waals surface area contributed by atoms with Crippen LogP contribution in [0.15, 0.2) is 22.7 Å². The second-order valence-corrected chi connectivity index (χ2v) is 5.30. The molecule has 1 aliphatic heterocycles. The summed E-state index contributed by atoms with van der Waals surface area (Å²) in [6.45, 7) is 0.930. The SMILES string of the molecule is O=Cc1cc(Br)ccc1OC1CCN(C(=O)O)CC1. The molecule has 1 aromatic carbocycles. The predicted molar refractivity (Wildman–Crippen MR) is 72.8 cm³/mol. The summed E-state index contributed by atoms with van der Waals surface area (Å²) in [6, 6.07) is 5.26. The normalized spacial score (nSPS) is 16.2. The Labute approximate surface area is 119 Å². The van der Waals surface area contributed by atoms with Gasteiger partial charge < -0.3 is 14.7 Å². The van der Waals surface area contributed by atoms with E-state index in [1.165, 1.54) is 4.90 Å². The van der Waals surface area contributed by atoms with E-state index in [1.54, 1.807) is 12.1 Å². The van der Waals surface area contributed by atoms with Gasteiger partial charge in [-0.3, -0.25) is 4.79 Å². The zero-order chi connectivity index (χ0) is 13.8. The Balaban J connectivity index is 1.99. The van der Waals surface area contributed by atoms with Crippen molar-refractivity contribution in [2.24, 2.45) is 0 Å². The van der Waals surface area contributed by atoms with Gasteiger partial charge in [-0.15, -0.1) is 0 Å². The molecule has 0 saturated carbocycles. The molecule has 1 amide bonds. The summed E-state index contributed by atoms with van der Waals surface area (Å²) in [5, 5.41) is 8.86. The fraction of sp³-hybridized carbons (Fsp3) is 0.385. The third-order valence-corrected chi connectivity index (χ3v) is 3.60. The smallest absolute Gasteiger partial charge is 0.407 e. The second kappa shape index (κ2) is 6.06. The fourth-order valence-electron chi connectivity index (χ4n) is 2.06. The lowest BCUT2D eigenvalue weighted by atomic mass is 10.1. The molecule has 5 nitrogen and oxygen atoms in total. The van der Waals surface area contributed by atoms with E-state index in [4.69, 9.17) is 9.84 Å². The minimum absolute atomic E-state index is 0.0459. The maximum absolute atomic E-state index is 11.0. The maximum atomic E-state index is 11.0. The molecule has 1 aliphatic rings. The van der Waals surface area contributed by atoms with Crippen LogP contribution in [0.3, 0.4) is 0 Å². The first kappa shape index (κ1) is 13.9. The number of carbonyl (C=O) groups excluding carboxylic acids is 1. The van der Waals surface area contributed by atoms with E-state index in [0.29, 0.717) is 37.2 Å². The van der Waals surface area contributed by atoms with E-state index in [-0.39, 0.29) is 6.10 Å². The van der Waals surface area contributed by atoms with Crippen LogP contribution < -0.4 is 4.74 Å². The summed E-state index contributed by atoms with van der Waals surface area (Å²) in [5.41, 5.74) is 0.495. The van der Waals surface area contributed by atoms with Gasteiger partial charge in [-0.05, 0) is 18.2 Å². The van der Waals surface area contributed by atoms with Crippen molar-refractivity contribution in [1.82, 2.24) is 4.90 Å². The maximum Gasteiger partial charge on any atom is 0.407 e. The highest BCUT2D eigenvalue weighted by atomic mass is 79.9. The Kier molecular flexibility index (Phi) is 4.42. The van der Waals surface area contributed by atoms with Crippen molar-refractivity contribution < 1.29 is 19.4 Å². The topological polar surface area (TPSA) is 66.8 Å². The van der Waals surface area contributed by atoms with Crippen molar-refractivity contribution in [2.75, 3.05) is 13.1 Å². The summed E-state index contributed by atoms with van der Waals surface area (Å²) in [6.07, 6.45) is 1.10. The van der Waals surface area contributed by atoms with Crippen molar-refractivity contribution in [1.29, 1.82) is 0 Å². The van der Waals surface area contributed by atoms with E-state index in [0.717, 1.165) is 10.8 Å². The zero-order valence-electron chi connectivity index (χ0n) is 10.2. The van der Waals surface area contributed by atoms with Gasteiger partial charge in [0, 0.05) is 30.4 Å². The van der Waals surface area contributed by atoms with Gasteiger partial charge in [-0.2, -0.15) is 0 Å². The van der Waals surface area contributed by atoms with Crippen LogP contribution in [-0.4, -0.2) is 41.6 Å². The molecule has 6 heteroatoms. The number of ether oxygens (including phenoxy) is 1. The van der Waals surface area contributed by atoms with Gasteiger partial charge in [0.1, 0.15) is 11.9 Å². The highest BCUT2D eigenvalue weighted by Gasteiger charge is 2.23. The van der Waals surface area contributed by atoms with Gasteiger partial charge in [0.25, 0.3) is 0 Å². The highest BCUT2D eigenvalue weighted by molar-refractivity contribution is 9.10. The number of rotatable bonds is 3. The Morgan fingerprint density at radius 1 is 1.42 bits per heavy atom. The number of hydrogen-bond acceptors (Lipinski definition) is 3. The van der Waals surface area contributed by atoms with Crippen LogP contribution in [-0.2, 0) is 0 Å². The molecule has 1 heterocycles. The summed E-state index contributed by atoms with van der Waals surface area (Å²) in [4.78, 5) is 23.1. The number of halogens is 1. The average molecular weight is 328 g/mol. The van der Waals surface area contributed by atoms with Gasteiger partial charge in [0.05, 0.1) is 5.56 Å². The van der Waals surface area contributed by atoms with E-state index in [9.17, 15) is 9.59 Å². The molecule has 1 fully saturated rings. The van der Waals surface area contributed by atoms with Crippen LogP contribution in [0.25, 0.3) is 0 Å². The molecule has 0 radical (unpaired) electrons. The van der Waals surface area contributed by atoms with E-state index in [2.05, 4.69) is 15.9 Å². The molecule has 0 atom stereocenters. The van der Waals surface area contributed by atoms with Crippen molar-refractivity contribution in [2.45, 2.75) is 18.9 Å². The number of carbonyl (C=O) groups is 2. The molecule has 0 spiro atoms. The Hall–Kier alpha value is -1.56. The monoisotopic (exact) mass is 327 g/mol. The van der Waals surface area contributed by atoms with Gasteiger partial charge in [0.2, 0.25) is 0 Å². The van der Waals surface area contributed by atoms with Gasteiger partial charge in [-0.25, -0.2) is 4.79 Å². The second-order valence-electron chi connectivity index (χ2n) is 4.39. The first-order chi connectivity index (χ1) is 9.10. The number of nitrogens with zero attached hydrogens (tertiary/aromatic N) is 1. The van der Waals surface area contributed by atoms with Crippen LogP contribution in [0.1, 0.15) is 23.2 Å². The molecule has 0 aliphatic carbocycles. The molecular formula is C13H14BrNO4. The Bertz CT molecular complexity index is 484. The molecule has 2 rings (SSSR count). The lowest BCUT2D eigenvalue weighted by Crippen LogP contribution is -2.41.